The van der Waals surface area contributed by atoms with E-state index < -0.39 is 27.1 Å². The average Bonchev–Trinajstić information content (AvgIpc) is 2.48. The van der Waals surface area contributed by atoms with Crippen molar-refractivity contribution in [1.29, 1.82) is 0 Å². The van der Waals surface area contributed by atoms with Crippen molar-refractivity contribution >= 4 is 10.1 Å². The maximum Gasteiger partial charge on any atom is 0.267 e. The number of rotatable bonds is 3. The van der Waals surface area contributed by atoms with Gasteiger partial charge in [-0.05, 0) is 44.4 Å². The summed E-state index contributed by atoms with van der Waals surface area (Å²) in [6, 6.07) is 0. The second-order valence-electron chi connectivity index (χ2n) is 7.25. The molecule has 1 fully saturated rings. The van der Waals surface area contributed by atoms with Gasteiger partial charge in [0.1, 0.15) is 5.75 Å². The Morgan fingerprint density at radius 2 is 1.95 bits per heavy atom. The van der Waals surface area contributed by atoms with Crippen LogP contribution >= 0.6 is 0 Å². The van der Waals surface area contributed by atoms with Gasteiger partial charge in [0.15, 0.2) is 0 Å². The van der Waals surface area contributed by atoms with Crippen molar-refractivity contribution in [2.75, 3.05) is 5.75 Å². The molecule has 0 radical (unpaired) electrons. The van der Waals surface area contributed by atoms with Crippen molar-refractivity contribution in [1.82, 2.24) is 0 Å². The van der Waals surface area contributed by atoms with Crippen LogP contribution in [0.4, 0.5) is 0 Å². The standard InChI is InChI=1S/C15H26O5S/c1-10(2)11-4-7-15(17,9-21(18,19)20)12-5-6-14(3,16)13(12)8-11/h8,10,12-13,16-17H,4-7,9H2,1-3H3,(H,18,19,20)/t12-,13-,14-,15-/m0/s1. The van der Waals surface area contributed by atoms with Crippen LogP contribution in [0, 0.1) is 17.8 Å². The van der Waals surface area contributed by atoms with Gasteiger partial charge < -0.3 is 10.2 Å². The lowest BCUT2D eigenvalue weighted by molar-refractivity contribution is -0.0404. The third kappa shape index (κ3) is 3.50. The van der Waals surface area contributed by atoms with Crippen LogP contribution in [0.25, 0.3) is 0 Å². The predicted molar refractivity (Wildman–Crippen MR) is 80.4 cm³/mol. The maximum atomic E-state index is 11.3. The van der Waals surface area contributed by atoms with Gasteiger partial charge in [-0.25, -0.2) is 0 Å². The number of allylic oxidation sites excluding steroid dienone is 1. The summed E-state index contributed by atoms with van der Waals surface area (Å²) in [6.07, 6.45) is 4.01. The lowest BCUT2D eigenvalue weighted by Crippen LogP contribution is -2.47. The van der Waals surface area contributed by atoms with E-state index in [1.807, 2.05) is 6.08 Å². The topological polar surface area (TPSA) is 94.8 Å². The molecule has 0 amide bonds. The molecule has 4 atom stereocenters. The zero-order valence-corrected chi connectivity index (χ0v) is 13.7. The fraction of sp³-hybridized carbons (Fsp3) is 0.867. The lowest BCUT2D eigenvalue weighted by atomic mass is 9.77. The molecule has 3 N–H and O–H groups in total. The quantitative estimate of drug-likeness (QED) is 0.544. The number of fused-ring (bicyclic) bond motifs is 1. The van der Waals surface area contributed by atoms with Gasteiger partial charge in [-0.15, -0.1) is 0 Å². The summed E-state index contributed by atoms with van der Waals surface area (Å²) >= 11 is 0. The molecule has 0 aromatic rings. The molecule has 2 aliphatic carbocycles. The highest BCUT2D eigenvalue weighted by molar-refractivity contribution is 7.85. The number of hydrogen-bond donors (Lipinski definition) is 3. The summed E-state index contributed by atoms with van der Waals surface area (Å²) in [5.74, 6) is -0.985. The van der Waals surface area contributed by atoms with E-state index in [-0.39, 0.29) is 17.8 Å². The van der Waals surface area contributed by atoms with Gasteiger partial charge in [-0.2, -0.15) is 8.42 Å². The second-order valence-corrected chi connectivity index (χ2v) is 8.71. The summed E-state index contributed by atoms with van der Waals surface area (Å²) < 4.78 is 31.8. The fourth-order valence-electron chi connectivity index (χ4n) is 3.96. The minimum atomic E-state index is -4.27. The molecular formula is C15H26O5S. The molecule has 6 heteroatoms. The van der Waals surface area contributed by atoms with Crippen molar-refractivity contribution in [2.45, 2.75) is 57.7 Å². The first-order valence-corrected chi connectivity index (χ1v) is 9.16. The molecule has 21 heavy (non-hydrogen) atoms. The smallest absolute Gasteiger partial charge is 0.267 e. The van der Waals surface area contributed by atoms with Gasteiger partial charge in [0.2, 0.25) is 0 Å². The minimum Gasteiger partial charge on any atom is -0.390 e. The van der Waals surface area contributed by atoms with Gasteiger partial charge in [-0.1, -0.05) is 25.5 Å². The van der Waals surface area contributed by atoms with Crippen LogP contribution in [0.1, 0.15) is 46.5 Å². The Balaban J connectivity index is 2.42. The number of aliphatic hydroxyl groups is 2. The van der Waals surface area contributed by atoms with Crippen LogP contribution in [0.5, 0.6) is 0 Å². The highest BCUT2D eigenvalue weighted by atomic mass is 32.2. The lowest BCUT2D eigenvalue weighted by Gasteiger charge is -2.36. The molecule has 0 aliphatic heterocycles. The van der Waals surface area contributed by atoms with Crippen LogP contribution in [0.3, 0.4) is 0 Å². The van der Waals surface area contributed by atoms with E-state index in [1.54, 1.807) is 6.92 Å². The normalized spacial score (nSPS) is 40.8. The van der Waals surface area contributed by atoms with Crippen LogP contribution in [0.2, 0.25) is 0 Å². The van der Waals surface area contributed by atoms with E-state index >= 15 is 0 Å². The van der Waals surface area contributed by atoms with Crippen LogP contribution < -0.4 is 0 Å². The van der Waals surface area contributed by atoms with Gasteiger partial charge in [0.05, 0.1) is 11.2 Å². The van der Waals surface area contributed by atoms with Gasteiger partial charge in [-0.3, -0.25) is 4.55 Å². The van der Waals surface area contributed by atoms with E-state index in [0.29, 0.717) is 25.7 Å². The molecule has 0 aromatic heterocycles. The highest BCUT2D eigenvalue weighted by Crippen LogP contribution is 2.50. The molecule has 0 heterocycles. The van der Waals surface area contributed by atoms with Crippen LogP contribution in [0.15, 0.2) is 11.6 Å². The van der Waals surface area contributed by atoms with Crippen molar-refractivity contribution in [3.8, 4) is 0 Å². The molecule has 0 unspecified atom stereocenters. The summed E-state index contributed by atoms with van der Waals surface area (Å²) in [5, 5.41) is 21.5. The molecule has 0 saturated heterocycles. The Kier molecular flexibility index (Phi) is 4.30. The first-order chi connectivity index (χ1) is 9.45. The molecule has 0 aromatic carbocycles. The third-order valence-electron chi connectivity index (χ3n) is 5.22. The van der Waals surface area contributed by atoms with Crippen molar-refractivity contribution < 1.29 is 23.2 Å². The van der Waals surface area contributed by atoms with E-state index in [2.05, 4.69) is 13.8 Å². The molecule has 0 bridgehead atoms. The SMILES string of the molecule is CC(C)C1=C[C@H]2[C@H](CC[C@]2(C)O)[C@@](O)(CS(=O)(=O)O)CC1. The molecule has 2 aliphatic rings. The average molecular weight is 318 g/mol. The Morgan fingerprint density at radius 1 is 1.33 bits per heavy atom. The Hall–Kier alpha value is -0.430. The van der Waals surface area contributed by atoms with E-state index in [1.165, 1.54) is 0 Å². The summed E-state index contributed by atoms with van der Waals surface area (Å²) in [4.78, 5) is 0. The molecule has 0 spiro atoms. The van der Waals surface area contributed by atoms with E-state index in [0.717, 1.165) is 5.57 Å². The number of hydrogen-bond acceptors (Lipinski definition) is 4. The van der Waals surface area contributed by atoms with E-state index in [9.17, 15) is 23.2 Å². The van der Waals surface area contributed by atoms with Crippen LogP contribution in [-0.4, -0.2) is 40.1 Å². The van der Waals surface area contributed by atoms with Gasteiger partial charge >= 0.3 is 0 Å². The highest BCUT2D eigenvalue weighted by Gasteiger charge is 2.54. The predicted octanol–water partition coefficient (Wildman–Crippen LogP) is 1.76. The zero-order valence-electron chi connectivity index (χ0n) is 12.9. The van der Waals surface area contributed by atoms with Gasteiger partial charge in [0, 0.05) is 5.92 Å². The molecular weight excluding hydrogens is 292 g/mol. The second kappa shape index (κ2) is 5.33. The zero-order chi connectivity index (χ0) is 16.1. The summed E-state index contributed by atoms with van der Waals surface area (Å²) in [5.41, 5.74) is -1.28. The van der Waals surface area contributed by atoms with Gasteiger partial charge in [0.25, 0.3) is 10.1 Å². The third-order valence-corrected chi connectivity index (χ3v) is 6.08. The Bertz CT molecular complexity index is 534. The Morgan fingerprint density at radius 3 is 2.48 bits per heavy atom. The van der Waals surface area contributed by atoms with Crippen LogP contribution in [-0.2, 0) is 10.1 Å². The molecule has 2 rings (SSSR count). The molecule has 5 nitrogen and oxygen atoms in total. The molecule has 1 saturated carbocycles. The minimum absolute atomic E-state index is 0.274. The first-order valence-electron chi connectivity index (χ1n) is 7.55. The monoisotopic (exact) mass is 318 g/mol. The maximum absolute atomic E-state index is 11.3. The fourth-order valence-corrected chi connectivity index (χ4v) is 4.95. The van der Waals surface area contributed by atoms with Crippen molar-refractivity contribution in [3.63, 3.8) is 0 Å². The largest absolute Gasteiger partial charge is 0.390 e. The van der Waals surface area contributed by atoms with Crippen molar-refractivity contribution in [2.24, 2.45) is 17.8 Å². The Labute approximate surface area is 126 Å². The van der Waals surface area contributed by atoms with E-state index in [4.69, 9.17) is 0 Å². The molecule has 122 valence electrons. The van der Waals surface area contributed by atoms with Crippen molar-refractivity contribution in [3.05, 3.63) is 11.6 Å². The summed E-state index contributed by atoms with van der Waals surface area (Å²) in [6.45, 7) is 5.85. The summed E-state index contributed by atoms with van der Waals surface area (Å²) in [7, 11) is -4.27. The first kappa shape index (κ1) is 16.9.